The fraction of sp³-hybridized carbons (Fsp3) is 0.0833. The first-order valence-electron chi connectivity index (χ1n) is 9.86. The van der Waals surface area contributed by atoms with Crippen LogP contribution in [0.4, 0.5) is 14.9 Å². The molecule has 1 fully saturated rings. The summed E-state index contributed by atoms with van der Waals surface area (Å²) in [5.41, 5.74) is 1.62. The van der Waals surface area contributed by atoms with Gasteiger partial charge in [0.1, 0.15) is 18.2 Å². The first-order chi connectivity index (χ1) is 15.9. The van der Waals surface area contributed by atoms with E-state index in [-0.39, 0.29) is 29.6 Å². The molecule has 3 aromatic rings. The third-order valence-electron chi connectivity index (χ3n) is 4.87. The number of carbonyl (C=O) groups excluding carboxylic acids is 2. The Morgan fingerprint density at radius 3 is 2.52 bits per heavy atom. The fourth-order valence-electron chi connectivity index (χ4n) is 3.16. The Morgan fingerprint density at radius 1 is 1.03 bits per heavy atom. The number of thioether (sulfide) groups is 1. The van der Waals surface area contributed by atoms with E-state index < -0.39 is 16.1 Å². The van der Waals surface area contributed by atoms with Crippen molar-refractivity contribution < 1.29 is 23.6 Å². The summed E-state index contributed by atoms with van der Waals surface area (Å²) in [5.74, 6) is -0.298. The van der Waals surface area contributed by atoms with Crippen LogP contribution in [-0.2, 0) is 17.9 Å². The van der Waals surface area contributed by atoms with Gasteiger partial charge >= 0.3 is 0 Å². The van der Waals surface area contributed by atoms with Gasteiger partial charge in [-0.3, -0.25) is 24.6 Å². The molecule has 1 aliphatic heterocycles. The predicted molar refractivity (Wildman–Crippen MR) is 122 cm³/mol. The molecule has 1 aliphatic rings. The smallest absolute Gasteiger partial charge is 0.293 e. The minimum absolute atomic E-state index is 0.0196. The summed E-state index contributed by atoms with van der Waals surface area (Å²) in [6, 6.07) is 19.0. The predicted octanol–water partition coefficient (Wildman–Crippen LogP) is 5.55. The molecular weight excluding hydrogens is 447 g/mol. The molecule has 33 heavy (non-hydrogen) atoms. The van der Waals surface area contributed by atoms with Crippen LogP contribution >= 0.6 is 11.8 Å². The summed E-state index contributed by atoms with van der Waals surface area (Å²) in [5, 5.41) is 10.4. The maximum atomic E-state index is 13.8. The van der Waals surface area contributed by atoms with Gasteiger partial charge in [0.15, 0.2) is 0 Å². The van der Waals surface area contributed by atoms with Crippen LogP contribution in [0.15, 0.2) is 77.7 Å². The minimum atomic E-state index is -0.513. The van der Waals surface area contributed by atoms with E-state index in [9.17, 15) is 24.1 Å². The maximum Gasteiger partial charge on any atom is 0.293 e. The lowest BCUT2D eigenvalue weighted by Crippen LogP contribution is -2.27. The summed E-state index contributed by atoms with van der Waals surface area (Å²) in [4.78, 5) is 36.8. The van der Waals surface area contributed by atoms with Crippen molar-refractivity contribution in [1.29, 1.82) is 0 Å². The average Bonchev–Trinajstić information content (AvgIpc) is 3.06. The van der Waals surface area contributed by atoms with Gasteiger partial charge in [0.2, 0.25) is 0 Å². The normalized spacial score (nSPS) is 14.7. The lowest BCUT2D eigenvalue weighted by molar-refractivity contribution is -0.384. The molecule has 0 saturated carbocycles. The number of nitro benzene ring substituents is 1. The van der Waals surface area contributed by atoms with E-state index in [1.54, 1.807) is 48.5 Å². The van der Waals surface area contributed by atoms with Gasteiger partial charge < -0.3 is 4.74 Å². The third kappa shape index (κ3) is 5.27. The molecule has 1 heterocycles. The molecule has 0 unspecified atom stereocenters. The number of rotatable bonds is 7. The molecule has 9 heteroatoms. The highest BCUT2D eigenvalue weighted by Crippen LogP contribution is 2.34. The Labute approximate surface area is 192 Å². The molecule has 0 aromatic heterocycles. The van der Waals surface area contributed by atoms with Crippen molar-refractivity contribution in [1.82, 2.24) is 4.90 Å². The monoisotopic (exact) mass is 464 g/mol. The second-order valence-electron chi connectivity index (χ2n) is 7.14. The number of non-ortho nitro benzene ring substituents is 1. The summed E-state index contributed by atoms with van der Waals surface area (Å²) in [6.45, 7) is 0.0771. The van der Waals surface area contributed by atoms with Crippen molar-refractivity contribution in [2.75, 3.05) is 0 Å². The summed E-state index contributed by atoms with van der Waals surface area (Å²) in [7, 11) is 0. The fourth-order valence-corrected chi connectivity index (χ4v) is 4.00. The highest BCUT2D eigenvalue weighted by Gasteiger charge is 2.35. The van der Waals surface area contributed by atoms with E-state index in [1.165, 1.54) is 30.3 Å². The van der Waals surface area contributed by atoms with Crippen molar-refractivity contribution >= 4 is 34.7 Å². The molecule has 2 amide bonds. The van der Waals surface area contributed by atoms with Crippen LogP contribution in [0.2, 0.25) is 0 Å². The van der Waals surface area contributed by atoms with Crippen LogP contribution in [0.3, 0.4) is 0 Å². The first-order valence-corrected chi connectivity index (χ1v) is 10.7. The van der Waals surface area contributed by atoms with Crippen molar-refractivity contribution in [2.45, 2.75) is 13.2 Å². The molecule has 166 valence electrons. The standard InChI is InChI=1S/C24H17FN2O5S/c25-21-7-2-1-5-18(21)15-32-20-6-3-4-17(12-20)13-22-23(28)26(24(29)33-22)14-16-8-10-19(11-9-16)27(30)31/h1-13H,14-15H2. The Kier molecular flexibility index (Phi) is 6.50. The molecule has 0 bridgehead atoms. The number of amides is 2. The van der Waals surface area contributed by atoms with Crippen LogP contribution in [0.25, 0.3) is 6.08 Å². The zero-order chi connectivity index (χ0) is 23.4. The molecule has 0 radical (unpaired) electrons. The van der Waals surface area contributed by atoms with Gasteiger partial charge in [-0.1, -0.05) is 42.5 Å². The van der Waals surface area contributed by atoms with Gasteiger partial charge in [-0.05, 0) is 47.2 Å². The van der Waals surface area contributed by atoms with Crippen LogP contribution in [0, 0.1) is 15.9 Å². The topological polar surface area (TPSA) is 89.8 Å². The number of nitro groups is 1. The van der Waals surface area contributed by atoms with Gasteiger partial charge in [0.25, 0.3) is 16.8 Å². The molecule has 3 aromatic carbocycles. The van der Waals surface area contributed by atoms with Crippen LogP contribution in [-0.4, -0.2) is 21.0 Å². The largest absolute Gasteiger partial charge is 0.489 e. The number of benzene rings is 3. The zero-order valence-corrected chi connectivity index (χ0v) is 18.0. The van der Waals surface area contributed by atoms with Crippen molar-refractivity contribution in [2.24, 2.45) is 0 Å². The third-order valence-corrected chi connectivity index (χ3v) is 5.78. The van der Waals surface area contributed by atoms with E-state index in [1.807, 2.05) is 0 Å². The van der Waals surface area contributed by atoms with Gasteiger partial charge in [0, 0.05) is 17.7 Å². The van der Waals surface area contributed by atoms with E-state index in [0.717, 1.165) is 16.7 Å². The minimum Gasteiger partial charge on any atom is -0.489 e. The number of nitrogens with zero attached hydrogens (tertiary/aromatic N) is 2. The van der Waals surface area contributed by atoms with Gasteiger partial charge in [-0.15, -0.1) is 0 Å². The maximum absolute atomic E-state index is 13.8. The number of halogens is 1. The lowest BCUT2D eigenvalue weighted by atomic mass is 10.1. The van der Waals surface area contributed by atoms with Gasteiger partial charge in [0.05, 0.1) is 16.4 Å². The van der Waals surface area contributed by atoms with Crippen LogP contribution in [0.1, 0.15) is 16.7 Å². The average molecular weight is 464 g/mol. The summed E-state index contributed by atoms with van der Waals surface area (Å²) < 4.78 is 19.4. The van der Waals surface area contributed by atoms with E-state index in [2.05, 4.69) is 0 Å². The number of ether oxygens (including phenoxy) is 1. The Balaban J connectivity index is 1.45. The van der Waals surface area contributed by atoms with E-state index in [4.69, 9.17) is 4.74 Å². The highest BCUT2D eigenvalue weighted by atomic mass is 32.2. The highest BCUT2D eigenvalue weighted by molar-refractivity contribution is 8.18. The quantitative estimate of drug-likeness (QED) is 0.259. The van der Waals surface area contributed by atoms with E-state index >= 15 is 0 Å². The van der Waals surface area contributed by atoms with Crippen LogP contribution in [0.5, 0.6) is 5.75 Å². The number of hydrogen-bond donors (Lipinski definition) is 0. The second kappa shape index (κ2) is 9.66. The summed E-state index contributed by atoms with van der Waals surface area (Å²) in [6.07, 6.45) is 1.59. The zero-order valence-electron chi connectivity index (χ0n) is 17.1. The summed E-state index contributed by atoms with van der Waals surface area (Å²) >= 11 is 0.822. The molecule has 0 spiro atoms. The number of hydrogen-bond acceptors (Lipinski definition) is 6. The Hall–Kier alpha value is -3.98. The van der Waals surface area contributed by atoms with Crippen molar-refractivity contribution in [3.05, 3.63) is 110 Å². The molecular formula is C24H17FN2O5S. The van der Waals surface area contributed by atoms with Crippen LogP contribution < -0.4 is 4.74 Å². The van der Waals surface area contributed by atoms with Crippen molar-refractivity contribution in [3.8, 4) is 5.75 Å². The molecule has 1 saturated heterocycles. The van der Waals surface area contributed by atoms with Gasteiger partial charge in [-0.2, -0.15) is 0 Å². The molecule has 0 N–H and O–H groups in total. The molecule has 0 atom stereocenters. The van der Waals surface area contributed by atoms with Gasteiger partial charge in [-0.25, -0.2) is 4.39 Å². The molecule has 7 nitrogen and oxygen atoms in total. The lowest BCUT2D eigenvalue weighted by Gasteiger charge is -2.12. The van der Waals surface area contributed by atoms with Crippen molar-refractivity contribution in [3.63, 3.8) is 0 Å². The van der Waals surface area contributed by atoms with E-state index in [0.29, 0.717) is 22.4 Å². The first kappa shape index (κ1) is 22.2. The second-order valence-corrected chi connectivity index (χ2v) is 8.14. The molecule has 4 rings (SSSR count). The molecule has 0 aliphatic carbocycles. The SMILES string of the molecule is O=C1SC(=Cc2cccc(OCc3ccccc3F)c2)C(=O)N1Cc1ccc([N+](=O)[O-])cc1. The Bertz CT molecular complexity index is 1260. The Morgan fingerprint density at radius 2 is 1.79 bits per heavy atom. The number of carbonyl (C=O) groups is 2. The number of imide groups is 1.